The highest BCUT2D eigenvalue weighted by molar-refractivity contribution is 5.81. The van der Waals surface area contributed by atoms with Crippen LogP contribution in [0.15, 0.2) is 12.2 Å². The third kappa shape index (κ3) is 3.40. The first-order valence-corrected chi connectivity index (χ1v) is 2.06. The Bertz CT molecular complexity index is 218. The Hall–Kier alpha value is -0.790. The maximum Gasteiger partial charge on any atom is 0.330 e. The summed E-state index contributed by atoms with van der Waals surface area (Å²) in [4.78, 5) is 10.7. The molecule has 0 amide bonds. The summed E-state index contributed by atoms with van der Waals surface area (Å²) in [5, 5.41) is 0. The van der Waals surface area contributed by atoms with Crippen molar-refractivity contribution >= 4 is 5.97 Å². The Labute approximate surface area is 56.2 Å². The molecule has 0 aliphatic rings. The predicted molar refractivity (Wildman–Crippen MR) is 31.4 cm³/mol. The lowest BCUT2D eigenvalue weighted by molar-refractivity contribution is -0.137. The lowest BCUT2D eigenvalue weighted by Crippen LogP contribution is -1.98. The van der Waals surface area contributed by atoms with Crippen molar-refractivity contribution in [3.05, 3.63) is 12.2 Å². The van der Waals surface area contributed by atoms with Crippen molar-refractivity contribution in [2.75, 3.05) is 6.56 Å². The van der Waals surface area contributed by atoms with Crippen molar-refractivity contribution in [2.24, 2.45) is 0 Å². The zero-order valence-corrected chi connectivity index (χ0v) is 4.47. The van der Waals surface area contributed by atoms with Gasteiger partial charge in [0, 0.05) is 10.2 Å². The van der Waals surface area contributed by atoms with Crippen molar-refractivity contribution in [1.29, 1.82) is 0 Å². The smallest absolute Gasteiger partial charge is 0.330 e. The van der Waals surface area contributed by atoms with E-state index in [1.54, 1.807) is 0 Å². The minimum atomic E-state index is -2.97. The Morgan fingerprint density at radius 1 is 2.12 bits per heavy atom. The minimum Gasteiger partial charge on any atom is -0.463 e. The van der Waals surface area contributed by atoms with Gasteiger partial charge in [0.15, 0.2) is 0 Å². The van der Waals surface area contributed by atoms with Crippen LogP contribution in [0.5, 0.6) is 0 Å². The van der Waals surface area contributed by atoms with Gasteiger partial charge in [0.25, 0.3) is 0 Å². The second kappa shape index (κ2) is 4.37. The molecule has 0 saturated carbocycles. The van der Waals surface area contributed by atoms with Crippen molar-refractivity contribution < 1.29 is 16.4 Å². The molecule has 0 aromatic rings. The van der Waals surface area contributed by atoms with Gasteiger partial charge in [0.05, 0.1) is 9.30 Å². The quantitative estimate of drug-likeness (QED) is 0.402. The number of hydrogen-bond donors (Lipinski definition) is 0. The molecule has 0 rings (SSSR count). The topological polar surface area (TPSA) is 26.3 Å². The maximum absolute atomic E-state index is 10.7. The summed E-state index contributed by atoms with van der Waals surface area (Å²) in [6, 6.07) is 0. The van der Waals surface area contributed by atoms with Crippen molar-refractivity contribution in [1.82, 2.24) is 0 Å². The SMILES string of the molecule is [2H]C([2H])([2H])C([2H])([2H])OC(=O)/C=C/C. The summed E-state index contributed by atoms with van der Waals surface area (Å²) in [5.41, 5.74) is 0. The number of carbonyl (C=O) groups excluding carboxylic acids is 1. The van der Waals surface area contributed by atoms with E-state index in [4.69, 9.17) is 6.85 Å². The van der Waals surface area contributed by atoms with E-state index in [2.05, 4.69) is 4.74 Å². The molecule has 0 atom stereocenters. The molecule has 0 unspecified atom stereocenters. The Kier molecular flexibility index (Phi) is 1.21. The van der Waals surface area contributed by atoms with E-state index in [0.29, 0.717) is 0 Å². The van der Waals surface area contributed by atoms with Crippen molar-refractivity contribution in [3.8, 4) is 0 Å². The molecule has 0 spiro atoms. The molecule has 0 aromatic heterocycles. The normalized spacial score (nSPS) is 22.4. The molecule has 0 N–H and O–H groups in total. The standard InChI is InChI=1S/C6H10O2/c1-3-5-6(7)8-4-2/h3,5H,4H2,1-2H3/b5-3+/i2D3,4D2. The average molecular weight is 119 g/mol. The molecule has 0 aromatic carbocycles. The van der Waals surface area contributed by atoms with Crippen LogP contribution in [0.1, 0.15) is 20.6 Å². The molecule has 0 radical (unpaired) electrons. The maximum atomic E-state index is 10.7. The molecular weight excluding hydrogens is 104 g/mol. The van der Waals surface area contributed by atoms with Gasteiger partial charge < -0.3 is 4.74 Å². The van der Waals surface area contributed by atoms with E-state index in [-0.39, 0.29) is 0 Å². The molecule has 2 heteroatoms. The Morgan fingerprint density at radius 2 is 2.88 bits per heavy atom. The monoisotopic (exact) mass is 119 g/mol. The first-order chi connectivity index (χ1) is 5.70. The van der Waals surface area contributed by atoms with E-state index in [1.165, 1.54) is 13.0 Å². The molecular formula is C6H10O2. The third-order valence-electron chi connectivity index (χ3n) is 0.454. The molecule has 0 saturated heterocycles. The first-order valence-electron chi connectivity index (χ1n) is 4.56. The van der Waals surface area contributed by atoms with Crippen LogP contribution in [-0.4, -0.2) is 12.5 Å². The Balaban J connectivity index is 4.43. The molecule has 0 heterocycles. The average Bonchev–Trinajstić information content (AvgIpc) is 1.83. The van der Waals surface area contributed by atoms with E-state index in [0.717, 1.165) is 6.08 Å². The molecule has 0 bridgehead atoms. The number of hydrogen-bond acceptors (Lipinski definition) is 2. The van der Waals surface area contributed by atoms with E-state index in [1.807, 2.05) is 0 Å². The van der Waals surface area contributed by atoms with Gasteiger partial charge in [-0.3, -0.25) is 0 Å². The minimum absolute atomic E-state index is 0.948. The molecule has 0 aliphatic heterocycles. The fourth-order valence-electron chi connectivity index (χ4n) is 0.220. The summed E-state index contributed by atoms with van der Waals surface area (Å²) < 4.78 is 38.1. The molecule has 2 nitrogen and oxygen atoms in total. The Morgan fingerprint density at radius 3 is 3.38 bits per heavy atom. The van der Waals surface area contributed by atoms with E-state index in [9.17, 15) is 4.79 Å². The van der Waals surface area contributed by atoms with Gasteiger partial charge in [-0.25, -0.2) is 4.79 Å². The summed E-state index contributed by atoms with van der Waals surface area (Å²) in [7, 11) is 0. The van der Waals surface area contributed by atoms with Crippen LogP contribution in [0, 0.1) is 0 Å². The third-order valence-corrected chi connectivity index (χ3v) is 0.454. The van der Waals surface area contributed by atoms with Gasteiger partial charge in [-0.05, 0) is 13.8 Å². The van der Waals surface area contributed by atoms with Crippen LogP contribution < -0.4 is 0 Å². The molecule has 0 fully saturated rings. The van der Waals surface area contributed by atoms with Crippen molar-refractivity contribution in [2.45, 2.75) is 13.8 Å². The van der Waals surface area contributed by atoms with E-state index < -0.39 is 19.4 Å². The molecule has 8 heavy (non-hydrogen) atoms. The number of allylic oxidation sites excluding steroid dienone is 1. The highest BCUT2D eigenvalue weighted by Crippen LogP contribution is 1.78. The lowest BCUT2D eigenvalue weighted by atomic mass is 10.5. The zero-order chi connectivity index (χ0) is 10.7. The molecule has 0 aliphatic carbocycles. The number of rotatable bonds is 2. The second-order valence-corrected chi connectivity index (χ2v) is 1.02. The van der Waals surface area contributed by atoms with Gasteiger partial charge in [-0.1, -0.05) is 6.08 Å². The lowest BCUT2D eigenvalue weighted by Gasteiger charge is -1.91. The fraction of sp³-hybridized carbons (Fsp3) is 0.500. The van der Waals surface area contributed by atoms with Crippen LogP contribution in [0.3, 0.4) is 0 Å². The van der Waals surface area contributed by atoms with Crippen LogP contribution >= 0.6 is 0 Å². The van der Waals surface area contributed by atoms with Gasteiger partial charge in [-0.15, -0.1) is 0 Å². The van der Waals surface area contributed by atoms with Gasteiger partial charge in [-0.2, -0.15) is 0 Å². The highest BCUT2D eigenvalue weighted by atomic mass is 16.5. The largest absolute Gasteiger partial charge is 0.463 e. The van der Waals surface area contributed by atoms with Crippen LogP contribution in [0.2, 0.25) is 0 Å². The zero-order valence-electron chi connectivity index (χ0n) is 9.47. The summed E-state index contributed by atoms with van der Waals surface area (Å²) in [6.07, 6.45) is 2.28. The van der Waals surface area contributed by atoms with Gasteiger partial charge in [0.2, 0.25) is 0 Å². The summed E-state index contributed by atoms with van der Waals surface area (Å²) in [6.45, 7) is -4.37. The van der Waals surface area contributed by atoms with Gasteiger partial charge >= 0.3 is 5.97 Å². The van der Waals surface area contributed by atoms with Crippen LogP contribution in [-0.2, 0) is 9.53 Å². The van der Waals surface area contributed by atoms with E-state index >= 15 is 0 Å². The summed E-state index contributed by atoms with van der Waals surface area (Å²) >= 11 is 0. The summed E-state index contributed by atoms with van der Waals surface area (Å²) in [5.74, 6) is -1.01. The van der Waals surface area contributed by atoms with Crippen LogP contribution in [0.4, 0.5) is 0 Å². The second-order valence-electron chi connectivity index (χ2n) is 1.02. The fourth-order valence-corrected chi connectivity index (χ4v) is 0.220. The van der Waals surface area contributed by atoms with Gasteiger partial charge in [0.1, 0.15) is 0 Å². The van der Waals surface area contributed by atoms with Crippen LogP contribution in [0.25, 0.3) is 0 Å². The number of esters is 1. The molecule has 46 valence electrons. The number of ether oxygens (including phenoxy) is 1. The highest BCUT2D eigenvalue weighted by Gasteiger charge is 1.88. The first kappa shape index (κ1) is 2.21. The number of carbonyl (C=O) groups is 1. The predicted octanol–water partition coefficient (Wildman–Crippen LogP) is 1.13. The van der Waals surface area contributed by atoms with Crippen molar-refractivity contribution in [3.63, 3.8) is 0 Å².